The monoisotopic (exact) mass is 366 g/mol. The van der Waals surface area contributed by atoms with Crippen LogP contribution in [0.1, 0.15) is 16.8 Å². The van der Waals surface area contributed by atoms with Crippen LogP contribution in [0.25, 0.3) is 11.5 Å². The van der Waals surface area contributed by atoms with Crippen molar-refractivity contribution in [3.8, 4) is 17.3 Å². The number of benzene rings is 1. The molecule has 1 aromatic carbocycles. The topological polar surface area (TPSA) is 71.1 Å². The molecule has 0 aliphatic carbocycles. The van der Waals surface area contributed by atoms with E-state index in [1.165, 1.54) is 13.2 Å². The number of H-pyrrole nitrogens is 1. The van der Waals surface area contributed by atoms with Crippen molar-refractivity contribution in [2.75, 3.05) is 13.7 Å². The Hall–Kier alpha value is -3.06. The molecule has 0 atom stereocenters. The Morgan fingerprint density at radius 1 is 1.30 bits per heavy atom. The fourth-order valence-corrected chi connectivity index (χ4v) is 3.32. The van der Waals surface area contributed by atoms with Crippen LogP contribution in [0, 0.1) is 5.82 Å². The van der Waals surface area contributed by atoms with E-state index in [0.29, 0.717) is 43.1 Å². The molecule has 6 nitrogen and oxygen atoms in total. The van der Waals surface area contributed by atoms with Gasteiger partial charge in [-0.15, -0.1) is 0 Å². The first-order valence-corrected chi connectivity index (χ1v) is 8.72. The molecule has 3 heterocycles. The molecule has 4 rings (SSSR count). The van der Waals surface area contributed by atoms with Gasteiger partial charge in [0.25, 0.3) is 5.56 Å². The van der Waals surface area contributed by atoms with Gasteiger partial charge in [-0.05, 0) is 36.2 Å². The summed E-state index contributed by atoms with van der Waals surface area (Å²) in [6.45, 7) is 1.83. The fourth-order valence-electron chi connectivity index (χ4n) is 3.32. The first-order valence-electron chi connectivity index (χ1n) is 8.72. The Morgan fingerprint density at radius 3 is 2.93 bits per heavy atom. The minimum Gasteiger partial charge on any atom is -0.494 e. The summed E-state index contributed by atoms with van der Waals surface area (Å²) in [7, 11) is 1.45. The number of rotatable bonds is 4. The van der Waals surface area contributed by atoms with Crippen molar-refractivity contribution >= 4 is 0 Å². The van der Waals surface area contributed by atoms with Crippen molar-refractivity contribution in [1.29, 1.82) is 0 Å². The van der Waals surface area contributed by atoms with Crippen LogP contribution < -0.4 is 10.3 Å². The molecule has 0 saturated heterocycles. The molecule has 1 N–H and O–H groups in total. The first-order chi connectivity index (χ1) is 13.1. The number of halogens is 1. The number of nitrogens with one attached hydrogen (secondary N) is 1. The van der Waals surface area contributed by atoms with E-state index in [9.17, 15) is 9.18 Å². The van der Waals surface area contributed by atoms with Gasteiger partial charge in [0.1, 0.15) is 5.69 Å². The summed E-state index contributed by atoms with van der Waals surface area (Å²) in [6.07, 6.45) is 2.28. The maximum Gasteiger partial charge on any atom is 0.254 e. The van der Waals surface area contributed by atoms with E-state index in [2.05, 4.69) is 19.9 Å². The average Bonchev–Trinajstić information content (AvgIpc) is 2.68. The molecule has 0 saturated carbocycles. The number of aromatic nitrogens is 3. The van der Waals surface area contributed by atoms with Crippen LogP contribution in [-0.4, -0.2) is 33.5 Å². The molecule has 27 heavy (non-hydrogen) atoms. The number of pyridine rings is 1. The lowest BCUT2D eigenvalue weighted by Crippen LogP contribution is -2.35. The third-order valence-electron chi connectivity index (χ3n) is 4.68. The standard InChI is InChI=1S/C20H19FN4O2/c1-27-18-6-5-13(10-15(18)21)11-25-9-7-14-17(12-25)23-19(24-20(14)26)16-4-2-3-8-22-16/h2-6,8,10H,7,9,11-12H2,1H3,(H,23,24,26). The number of aromatic amines is 1. The van der Waals surface area contributed by atoms with Crippen LogP contribution >= 0.6 is 0 Å². The Morgan fingerprint density at radius 2 is 2.19 bits per heavy atom. The molecule has 3 aromatic rings. The van der Waals surface area contributed by atoms with Crippen LogP contribution in [-0.2, 0) is 19.5 Å². The van der Waals surface area contributed by atoms with E-state index in [-0.39, 0.29) is 17.1 Å². The van der Waals surface area contributed by atoms with Crippen LogP contribution in [0.2, 0.25) is 0 Å². The molecule has 0 unspecified atom stereocenters. The van der Waals surface area contributed by atoms with Gasteiger partial charge in [0.2, 0.25) is 0 Å². The molecule has 7 heteroatoms. The summed E-state index contributed by atoms with van der Waals surface area (Å²) in [5, 5.41) is 0. The number of methoxy groups -OCH3 is 1. The second kappa shape index (κ2) is 7.28. The zero-order valence-corrected chi connectivity index (χ0v) is 14.9. The lowest BCUT2D eigenvalue weighted by atomic mass is 10.1. The Bertz CT molecular complexity index is 1020. The SMILES string of the molecule is COc1ccc(CN2CCc3c(nc(-c4ccccn4)[nH]c3=O)C2)cc1F. The van der Waals surface area contributed by atoms with Gasteiger partial charge < -0.3 is 9.72 Å². The fraction of sp³-hybridized carbons (Fsp3) is 0.250. The number of nitrogens with zero attached hydrogens (tertiary/aromatic N) is 3. The highest BCUT2D eigenvalue weighted by atomic mass is 19.1. The van der Waals surface area contributed by atoms with Crippen molar-refractivity contribution in [3.63, 3.8) is 0 Å². The van der Waals surface area contributed by atoms with Gasteiger partial charge in [-0.25, -0.2) is 9.37 Å². The summed E-state index contributed by atoms with van der Waals surface area (Å²) in [5.74, 6) is 0.326. The lowest BCUT2D eigenvalue weighted by molar-refractivity contribution is 0.240. The predicted molar refractivity (Wildman–Crippen MR) is 98.9 cm³/mol. The summed E-state index contributed by atoms with van der Waals surface area (Å²) in [6, 6.07) is 10.4. The largest absolute Gasteiger partial charge is 0.494 e. The molecule has 1 aliphatic rings. The molecule has 0 amide bonds. The van der Waals surface area contributed by atoms with Crippen LogP contribution in [0.3, 0.4) is 0 Å². The minimum absolute atomic E-state index is 0.115. The predicted octanol–water partition coefficient (Wildman–Crippen LogP) is 2.54. The molecule has 1 aliphatic heterocycles. The molecule has 0 bridgehead atoms. The number of fused-ring (bicyclic) bond motifs is 1. The van der Waals surface area contributed by atoms with Crippen molar-refractivity contribution in [2.24, 2.45) is 0 Å². The normalized spacial score (nSPS) is 14.0. The van der Waals surface area contributed by atoms with Crippen LogP contribution in [0.4, 0.5) is 4.39 Å². The maximum atomic E-state index is 13.9. The average molecular weight is 366 g/mol. The van der Waals surface area contributed by atoms with E-state index < -0.39 is 0 Å². The smallest absolute Gasteiger partial charge is 0.254 e. The summed E-state index contributed by atoms with van der Waals surface area (Å²) in [5.41, 5.74) is 2.83. The van der Waals surface area contributed by atoms with Gasteiger partial charge in [-0.2, -0.15) is 0 Å². The van der Waals surface area contributed by atoms with Crippen LogP contribution in [0.5, 0.6) is 5.75 Å². The minimum atomic E-state index is -0.376. The van der Waals surface area contributed by atoms with E-state index in [1.54, 1.807) is 12.3 Å². The Labute approximate surface area is 155 Å². The lowest BCUT2D eigenvalue weighted by Gasteiger charge is -2.27. The van der Waals surface area contributed by atoms with E-state index in [4.69, 9.17) is 4.74 Å². The highest BCUT2D eigenvalue weighted by Crippen LogP contribution is 2.22. The molecule has 0 radical (unpaired) electrons. The van der Waals surface area contributed by atoms with Crippen molar-refractivity contribution in [1.82, 2.24) is 19.9 Å². The quantitative estimate of drug-likeness (QED) is 0.768. The van der Waals surface area contributed by atoms with E-state index in [0.717, 1.165) is 11.3 Å². The van der Waals surface area contributed by atoms with Gasteiger partial charge in [0.15, 0.2) is 17.4 Å². The van der Waals surface area contributed by atoms with E-state index in [1.807, 2.05) is 24.3 Å². The number of hydrogen-bond acceptors (Lipinski definition) is 5. The van der Waals surface area contributed by atoms with Crippen molar-refractivity contribution < 1.29 is 9.13 Å². The highest BCUT2D eigenvalue weighted by molar-refractivity contribution is 5.49. The molecule has 0 fully saturated rings. The molecule has 138 valence electrons. The second-order valence-electron chi connectivity index (χ2n) is 6.48. The zero-order valence-electron chi connectivity index (χ0n) is 14.9. The summed E-state index contributed by atoms with van der Waals surface area (Å²) in [4.78, 5) is 26.3. The third kappa shape index (κ3) is 3.59. The molecular weight excluding hydrogens is 347 g/mol. The molecule has 0 spiro atoms. The van der Waals surface area contributed by atoms with E-state index >= 15 is 0 Å². The third-order valence-corrected chi connectivity index (χ3v) is 4.68. The Kier molecular flexibility index (Phi) is 4.68. The molecule has 2 aromatic heterocycles. The number of hydrogen-bond donors (Lipinski definition) is 1. The first kappa shape index (κ1) is 17.4. The van der Waals surface area contributed by atoms with Crippen molar-refractivity contribution in [3.05, 3.63) is 75.6 Å². The molecular formula is C20H19FN4O2. The van der Waals surface area contributed by atoms with Gasteiger partial charge in [-0.3, -0.25) is 14.7 Å². The van der Waals surface area contributed by atoms with Gasteiger partial charge >= 0.3 is 0 Å². The van der Waals surface area contributed by atoms with Gasteiger partial charge in [0, 0.05) is 31.4 Å². The van der Waals surface area contributed by atoms with Crippen molar-refractivity contribution in [2.45, 2.75) is 19.5 Å². The highest BCUT2D eigenvalue weighted by Gasteiger charge is 2.22. The number of ether oxygens (including phenoxy) is 1. The van der Waals surface area contributed by atoms with Gasteiger partial charge in [0.05, 0.1) is 12.8 Å². The maximum absolute atomic E-state index is 13.9. The second-order valence-corrected chi connectivity index (χ2v) is 6.48. The zero-order chi connectivity index (χ0) is 18.8. The summed E-state index contributed by atoms with van der Waals surface area (Å²) >= 11 is 0. The Balaban J connectivity index is 1.58. The van der Waals surface area contributed by atoms with Gasteiger partial charge in [-0.1, -0.05) is 12.1 Å². The van der Waals surface area contributed by atoms with Crippen LogP contribution in [0.15, 0.2) is 47.4 Å². The summed E-state index contributed by atoms with van der Waals surface area (Å²) < 4.78 is 18.9.